The van der Waals surface area contributed by atoms with E-state index in [-0.39, 0.29) is 34.1 Å². The number of nitrogens with zero attached hydrogens (tertiary/aromatic N) is 3. The molecule has 0 aliphatic heterocycles. The van der Waals surface area contributed by atoms with Gasteiger partial charge in [-0.3, -0.25) is 0 Å². The number of halogens is 6. The van der Waals surface area contributed by atoms with E-state index in [1.54, 1.807) is 12.1 Å². The molecule has 0 amide bonds. The molecule has 84 heavy (non-hydrogen) atoms. The molecule has 0 unspecified atom stereocenters. The van der Waals surface area contributed by atoms with Crippen LogP contribution in [0, 0.1) is 94.4 Å². The molecule has 0 radical (unpaired) electrons. The van der Waals surface area contributed by atoms with Crippen LogP contribution in [0.3, 0.4) is 0 Å². The average molecular weight is 1120 g/mol. The van der Waals surface area contributed by atoms with Crippen LogP contribution in [-0.4, -0.2) is 9.13 Å². The van der Waals surface area contributed by atoms with Crippen molar-refractivity contribution < 1.29 is 26.3 Å². The molecule has 12 aromatic rings. The molecule has 12 rings (SSSR count). The van der Waals surface area contributed by atoms with E-state index in [1.807, 2.05) is 9.13 Å². The van der Waals surface area contributed by atoms with E-state index < -0.39 is 23.5 Å². The summed E-state index contributed by atoms with van der Waals surface area (Å²) in [5.41, 5.74) is 21.0. The lowest BCUT2D eigenvalue weighted by molar-refractivity contribution is -0.143. The third-order valence-corrected chi connectivity index (χ3v) is 17.0. The van der Waals surface area contributed by atoms with E-state index in [0.29, 0.717) is 22.1 Å². The number of benzene rings is 10. The third kappa shape index (κ3) is 9.33. The van der Waals surface area contributed by atoms with Crippen LogP contribution < -0.4 is 0 Å². The Morgan fingerprint density at radius 2 is 0.536 bits per heavy atom. The third-order valence-electron chi connectivity index (χ3n) is 17.0. The quantitative estimate of drug-likeness (QED) is 0.146. The minimum Gasteiger partial charge on any atom is -0.308 e. The molecule has 9 heteroatoms. The van der Waals surface area contributed by atoms with Gasteiger partial charge in [0.2, 0.25) is 0 Å². The summed E-state index contributed by atoms with van der Waals surface area (Å²) in [4.78, 5) is 0. The van der Waals surface area contributed by atoms with E-state index in [9.17, 15) is 5.26 Å². The Labute approximate surface area is 485 Å². The maximum Gasteiger partial charge on any atom is 0.416 e. The minimum absolute atomic E-state index is 0.0473. The first-order chi connectivity index (χ1) is 39.8. The Morgan fingerprint density at radius 1 is 0.298 bits per heavy atom. The van der Waals surface area contributed by atoms with Crippen molar-refractivity contribution in [2.75, 3.05) is 0 Å². The highest BCUT2D eigenvalue weighted by Gasteiger charge is 2.37. The van der Waals surface area contributed by atoms with Crippen LogP contribution in [0.5, 0.6) is 0 Å². The van der Waals surface area contributed by atoms with Crippen molar-refractivity contribution in [3.63, 3.8) is 0 Å². The van der Waals surface area contributed by atoms with Gasteiger partial charge < -0.3 is 9.13 Å². The van der Waals surface area contributed by atoms with Crippen molar-refractivity contribution in [1.29, 1.82) is 5.26 Å². The highest BCUT2D eigenvalue weighted by Crippen LogP contribution is 2.47. The molecule has 0 saturated carbocycles. The number of aryl methyl sites for hydroxylation is 12. The van der Waals surface area contributed by atoms with Crippen molar-refractivity contribution in [2.24, 2.45) is 0 Å². The smallest absolute Gasteiger partial charge is 0.308 e. The molecule has 0 spiro atoms. The van der Waals surface area contributed by atoms with Gasteiger partial charge in [-0.2, -0.15) is 31.6 Å². The molecule has 2 heterocycles. The molecule has 0 saturated heterocycles. The van der Waals surface area contributed by atoms with E-state index in [2.05, 4.69) is 210 Å². The molecule has 0 bridgehead atoms. The topological polar surface area (TPSA) is 33.6 Å². The normalized spacial score (nSPS) is 12.2. The maximum atomic E-state index is 15.1. The van der Waals surface area contributed by atoms with Crippen molar-refractivity contribution in [3.8, 4) is 73.1 Å². The number of hydrogen-bond donors (Lipinski definition) is 0. The minimum atomic E-state index is -5.13. The van der Waals surface area contributed by atoms with Gasteiger partial charge in [0.25, 0.3) is 0 Å². The Morgan fingerprint density at radius 3 is 0.762 bits per heavy atom. The molecule has 3 nitrogen and oxygen atoms in total. The zero-order valence-electron chi connectivity index (χ0n) is 49.0. The highest BCUT2D eigenvalue weighted by atomic mass is 19.4. The first kappa shape index (κ1) is 55.4. The SMILES string of the molecule is Cc1cc(C)c(-c2ccc3c4ccc(-c5c(C)cc(C)cc5C)cc4n(-c4cc(-c5cc(C(F)(F)F)cc(C(F)(F)F)c5)cc(-n5c6cc(-c7c(C)cc(C)cc7C)ccc6c6ccc(-c7c(C)cc(C)cc7C)cc65)c4C#N)c3c2)c(C)c1. The molecular formula is C75H61F6N3. The van der Waals surface area contributed by atoms with Crippen LogP contribution >= 0.6 is 0 Å². The molecule has 418 valence electrons. The van der Waals surface area contributed by atoms with E-state index in [4.69, 9.17) is 0 Å². The predicted octanol–water partition coefficient (Wildman–Crippen LogP) is 21.8. The monoisotopic (exact) mass is 1120 g/mol. The molecule has 0 aliphatic carbocycles. The lowest BCUT2D eigenvalue weighted by Gasteiger charge is -2.21. The molecule has 0 fully saturated rings. The maximum absolute atomic E-state index is 15.1. The zero-order valence-corrected chi connectivity index (χ0v) is 49.0. The van der Waals surface area contributed by atoms with E-state index in [0.717, 1.165) is 145 Å². The molecular weight excluding hydrogens is 1060 g/mol. The van der Waals surface area contributed by atoms with Crippen molar-refractivity contribution >= 4 is 43.6 Å². The number of nitriles is 1. The molecule has 0 atom stereocenters. The Bertz CT molecular complexity index is 4230. The summed E-state index contributed by atoms with van der Waals surface area (Å²) in [6, 6.07) is 49.7. The fourth-order valence-electron chi connectivity index (χ4n) is 14.1. The number of rotatable bonds is 7. The van der Waals surface area contributed by atoms with Crippen LogP contribution in [-0.2, 0) is 12.4 Å². The number of alkyl halides is 6. The number of aromatic nitrogens is 2. The summed E-state index contributed by atoms with van der Waals surface area (Å²) in [5, 5.41) is 15.6. The number of hydrogen-bond acceptors (Lipinski definition) is 1. The summed E-state index contributed by atoms with van der Waals surface area (Å²) in [5.74, 6) is 0. The first-order valence-electron chi connectivity index (χ1n) is 28.2. The van der Waals surface area contributed by atoms with Gasteiger partial charge in [-0.1, -0.05) is 119 Å². The molecule has 0 N–H and O–H groups in total. The second kappa shape index (κ2) is 20.1. The summed E-state index contributed by atoms with van der Waals surface area (Å²) in [6.07, 6.45) is -10.3. The zero-order chi connectivity index (χ0) is 59.7. The molecule has 10 aromatic carbocycles. The Hall–Kier alpha value is -9.13. The standard InChI is InChI=1S/C75H61F6N3/c1-39-21-43(5)70(44(6)22-39)51-13-17-59-60-18-14-52(71-45(7)23-40(2)24-46(71)8)32-65(60)83(64(59)31-51)68-35-56(55-29-57(74(76,77)78)37-58(30-55)75(79,80)81)36-69(63(68)38-82)84-66-33-53(72-47(9)25-41(3)26-48(72)10)15-19-61(66)62-20-16-54(34-67(62)84)73-49(11)27-42(4)28-50(73)12/h13-37H,1-12H3. The second-order valence-corrected chi connectivity index (χ2v) is 23.5. The van der Waals surface area contributed by atoms with Crippen molar-refractivity contribution in [1.82, 2.24) is 9.13 Å². The van der Waals surface area contributed by atoms with Gasteiger partial charge in [0, 0.05) is 21.5 Å². The summed E-state index contributed by atoms with van der Waals surface area (Å²) in [7, 11) is 0. The van der Waals surface area contributed by atoms with Gasteiger partial charge in [0.15, 0.2) is 0 Å². The Balaban J connectivity index is 1.29. The lowest BCUT2D eigenvalue weighted by Crippen LogP contribution is -2.11. The van der Waals surface area contributed by atoms with Gasteiger partial charge in [-0.05, 0) is 238 Å². The molecule has 2 aromatic heterocycles. The average Bonchev–Trinajstić information content (AvgIpc) is 2.03. The van der Waals surface area contributed by atoms with Gasteiger partial charge in [0.05, 0.1) is 44.6 Å². The van der Waals surface area contributed by atoms with Gasteiger partial charge in [-0.15, -0.1) is 0 Å². The lowest BCUT2D eigenvalue weighted by atomic mass is 9.92. The van der Waals surface area contributed by atoms with Crippen molar-refractivity contribution in [3.05, 3.63) is 235 Å². The van der Waals surface area contributed by atoms with Crippen LogP contribution in [0.25, 0.3) is 111 Å². The second-order valence-electron chi connectivity index (χ2n) is 23.5. The number of fused-ring (bicyclic) bond motifs is 6. The molecule has 0 aliphatic rings. The predicted molar refractivity (Wildman–Crippen MR) is 334 cm³/mol. The van der Waals surface area contributed by atoms with Crippen LogP contribution in [0.15, 0.2) is 152 Å². The van der Waals surface area contributed by atoms with Gasteiger partial charge in [-0.25, -0.2) is 0 Å². The fourth-order valence-corrected chi connectivity index (χ4v) is 14.1. The summed E-state index contributed by atoms with van der Waals surface area (Å²) < 4.78 is 94.5. The summed E-state index contributed by atoms with van der Waals surface area (Å²) in [6.45, 7) is 24.8. The van der Waals surface area contributed by atoms with E-state index in [1.165, 1.54) is 0 Å². The van der Waals surface area contributed by atoms with Gasteiger partial charge >= 0.3 is 12.4 Å². The van der Waals surface area contributed by atoms with E-state index >= 15 is 26.3 Å². The van der Waals surface area contributed by atoms with Gasteiger partial charge in [0.1, 0.15) is 11.6 Å². The van der Waals surface area contributed by atoms with Crippen molar-refractivity contribution in [2.45, 2.75) is 95.4 Å². The largest absolute Gasteiger partial charge is 0.416 e. The highest BCUT2D eigenvalue weighted by molar-refractivity contribution is 6.14. The fraction of sp³-hybridized carbons (Fsp3) is 0.187. The Kier molecular flexibility index (Phi) is 13.2. The van der Waals surface area contributed by atoms with Crippen LogP contribution in [0.1, 0.15) is 83.5 Å². The summed E-state index contributed by atoms with van der Waals surface area (Å²) >= 11 is 0. The van der Waals surface area contributed by atoms with Crippen LogP contribution in [0.2, 0.25) is 0 Å². The van der Waals surface area contributed by atoms with Crippen LogP contribution in [0.4, 0.5) is 26.3 Å². The first-order valence-corrected chi connectivity index (χ1v) is 28.2.